The van der Waals surface area contributed by atoms with Crippen molar-refractivity contribution >= 4 is 17.3 Å². The van der Waals surface area contributed by atoms with Crippen LogP contribution >= 0.6 is 0 Å². The fraction of sp³-hybridized carbons (Fsp3) is 0.381. The quantitative estimate of drug-likeness (QED) is 0.919. The molecular formula is C21H24N2O3. The highest BCUT2D eigenvalue weighted by molar-refractivity contribution is 6.06. The van der Waals surface area contributed by atoms with Crippen molar-refractivity contribution in [1.82, 2.24) is 0 Å². The van der Waals surface area contributed by atoms with Gasteiger partial charge in [-0.1, -0.05) is 12.1 Å². The second-order valence-electron chi connectivity index (χ2n) is 7.05. The maximum atomic E-state index is 12.8. The van der Waals surface area contributed by atoms with Crippen LogP contribution in [0.4, 0.5) is 11.4 Å². The van der Waals surface area contributed by atoms with E-state index in [0.29, 0.717) is 12.2 Å². The minimum absolute atomic E-state index is 0.0958. The molecule has 2 unspecified atom stereocenters. The standard InChI is InChI=1S/C21H24N2O3/c1-14-12-23(13-15(2)26-14)19-6-4-3-5-18(19)22-21(24)17-7-8-20-16(11-17)9-10-25-20/h3-8,11,14-15H,9-10,12-13H2,1-2H3,(H,22,24). The molecule has 2 aromatic rings. The van der Waals surface area contributed by atoms with Crippen molar-refractivity contribution in [2.24, 2.45) is 0 Å². The molecule has 5 heteroatoms. The highest BCUT2D eigenvalue weighted by Crippen LogP contribution is 2.30. The summed E-state index contributed by atoms with van der Waals surface area (Å²) in [6.45, 7) is 6.48. The predicted octanol–water partition coefficient (Wildman–Crippen LogP) is 3.49. The topological polar surface area (TPSA) is 50.8 Å². The van der Waals surface area contributed by atoms with Crippen LogP contribution in [0, 0.1) is 0 Å². The van der Waals surface area contributed by atoms with E-state index in [1.165, 1.54) is 0 Å². The first-order chi connectivity index (χ1) is 12.6. The van der Waals surface area contributed by atoms with Crippen LogP contribution in [0.5, 0.6) is 5.75 Å². The molecule has 0 spiro atoms. The summed E-state index contributed by atoms with van der Waals surface area (Å²) in [5, 5.41) is 3.08. The Morgan fingerprint density at radius 1 is 1.12 bits per heavy atom. The lowest BCUT2D eigenvalue weighted by molar-refractivity contribution is -0.00517. The molecule has 136 valence electrons. The number of nitrogens with one attached hydrogen (secondary N) is 1. The molecular weight excluding hydrogens is 328 g/mol. The van der Waals surface area contributed by atoms with Crippen molar-refractivity contribution in [3.8, 4) is 5.75 Å². The number of ether oxygens (including phenoxy) is 2. The molecule has 2 heterocycles. The van der Waals surface area contributed by atoms with Crippen LogP contribution in [-0.4, -0.2) is 37.8 Å². The number of amides is 1. The van der Waals surface area contributed by atoms with Crippen LogP contribution in [-0.2, 0) is 11.2 Å². The lowest BCUT2D eigenvalue weighted by Crippen LogP contribution is -2.45. The average Bonchev–Trinajstić information content (AvgIpc) is 3.09. The Hall–Kier alpha value is -2.53. The van der Waals surface area contributed by atoms with Crippen LogP contribution < -0.4 is 15.0 Å². The molecule has 2 aliphatic rings. The van der Waals surface area contributed by atoms with Gasteiger partial charge in [0, 0.05) is 25.1 Å². The van der Waals surface area contributed by atoms with Crippen LogP contribution in [0.2, 0.25) is 0 Å². The summed E-state index contributed by atoms with van der Waals surface area (Å²) >= 11 is 0. The summed E-state index contributed by atoms with van der Waals surface area (Å²) < 4.78 is 11.3. The van der Waals surface area contributed by atoms with E-state index in [0.717, 1.165) is 42.2 Å². The summed E-state index contributed by atoms with van der Waals surface area (Å²) in [4.78, 5) is 15.1. The Morgan fingerprint density at radius 3 is 2.69 bits per heavy atom. The van der Waals surface area contributed by atoms with Gasteiger partial charge in [-0.2, -0.15) is 0 Å². The molecule has 1 saturated heterocycles. The molecule has 26 heavy (non-hydrogen) atoms. The van der Waals surface area contributed by atoms with Crippen LogP contribution in [0.1, 0.15) is 29.8 Å². The van der Waals surface area contributed by atoms with Gasteiger partial charge in [-0.3, -0.25) is 4.79 Å². The van der Waals surface area contributed by atoms with E-state index in [4.69, 9.17) is 9.47 Å². The number of hydrogen-bond acceptors (Lipinski definition) is 4. The van der Waals surface area contributed by atoms with E-state index in [1.54, 1.807) is 0 Å². The van der Waals surface area contributed by atoms with Gasteiger partial charge in [0.1, 0.15) is 5.75 Å². The van der Waals surface area contributed by atoms with E-state index in [2.05, 4.69) is 30.1 Å². The minimum Gasteiger partial charge on any atom is -0.493 e. The normalized spacial score (nSPS) is 21.8. The third-order valence-electron chi connectivity index (χ3n) is 4.86. The Kier molecular flexibility index (Phi) is 4.55. The average molecular weight is 352 g/mol. The van der Waals surface area contributed by atoms with E-state index >= 15 is 0 Å². The molecule has 0 aromatic heterocycles. The molecule has 2 aromatic carbocycles. The first kappa shape index (κ1) is 16.9. The van der Waals surface area contributed by atoms with Crippen molar-refractivity contribution in [1.29, 1.82) is 0 Å². The zero-order valence-electron chi connectivity index (χ0n) is 15.2. The molecule has 1 fully saturated rings. The lowest BCUT2D eigenvalue weighted by Gasteiger charge is -2.37. The van der Waals surface area contributed by atoms with E-state index < -0.39 is 0 Å². The predicted molar refractivity (Wildman–Crippen MR) is 102 cm³/mol. The van der Waals surface area contributed by atoms with Gasteiger partial charge < -0.3 is 19.7 Å². The third-order valence-corrected chi connectivity index (χ3v) is 4.86. The molecule has 0 bridgehead atoms. The van der Waals surface area contributed by atoms with Gasteiger partial charge in [0.05, 0.1) is 30.2 Å². The maximum absolute atomic E-state index is 12.8. The van der Waals surface area contributed by atoms with Crippen molar-refractivity contribution < 1.29 is 14.3 Å². The van der Waals surface area contributed by atoms with Gasteiger partial charge in [0.15, 0.2) is 0 Å². The number of rotatable bonds is 3. The number of anilines is 2. The molecule has 0 radical (unpaired) electrons. The van der Waals surface area contributed by atoms with Crippen molar-refractivity contribution in [3.05, 3.63) is 53.6 Å². The molecule has 1 amide bonds. The fourth-order valence-electron chi connectivity index (χ4n) is 3.75. The van der Waals surface area contributed by atoms with E-state index in [9.17, 15) is 4.79 Å². The number of fused-ring (bicyclic) bond motifs is 1. The monoisotopic (exact) mass is 352 g/mol. The summed E-state index contributed by atoms with van der Waals surface area (Å²) in [6, 6.07) is 13.6. The molecule has 5 nitrogen and oxygen atoms in total. The van der Waals surface area contributed by atoms with E-state index in [1.807, 2.05) is 36.4 Å². The molecule has 0 aliphatic carbocycles. The largest absolute Gasteiger partial charge is 0.493 e. The summed E-state index contributed by atoms with van der Waals surface area (Å²) in [6.07, 6.45) is 1.19. The number of carbonyl (C=O) groups excluding carboxylic acids is 1. The van der Waals surface area contributed by atoms with Crippen molar-refractivity contribution in [3.63, 3.8) is 0 Å². The maximum Gasteiger partial charge on any atom is 0.255 e. The van der Waals surface area contributed by atoms with E-state index in [-0.39, 0.29) is 18.1 Å². The number of para-hydroxylation sites is 2. The molecule has 4 rings (SSSR count). The van der Waals surface area contributed by atoms with Gasteiger partial charge in [-0.25, -0.2) is 0 Å². The van der Waals surface area contributed by atoms with Gasteiger partial charge >= 0.3 is 0 Å². The first-order valence-electron chi connectivity index (χ1n) is 9.16. The highest BCUT2D eigenvalue weighted by atomic mass is 16.5. The van der Waals surface area contributed by atoms with Crippen LogP contribution in [0.15, 0.2) is 42.5 Å². The molecule has 1 N–H and O–H groups in total. The first-order valence-corrected chi connectivity index (χ1v) is 9.16. The van der Waals surface area contributed by atoms with Crippen LogP contribution in [0.3, 0.4) is 0 Å². The number of benzene rings is 2. The van der Waals surface area contributed by atoms with Gasteiger partial charge in [0.25, 0.3) is 5.91 Å². The molecule has 2 aliphatic heterocycles. The zero-order valence-corrected chi connectivity index (χ0v) is 15.2. The zero-order chi connectivity index (χ0) is 18.1. The van der Waals surface area contributed by atoms with Crippen molar-refractivity contribution in [2.75, 3.05) is 29.9 Å². The Bertz CT molecular complexity index is 811. The van der Waals surface area contributed by atoms with Crippen molar-refractivity contribution in [2.45, 2.75) is 32.5 Å². The second kappa shape index (κ2) is 7.00. The minimum atomic E-state index is -0.0958. The third kappa shape index (κ3) is 3.40. The number of carbonyl (C=O) groups is 1. The van der Waals surface area contributed by atoms with Gasteiger partial charge in [0.2, 0.25) is 0 Å². The lowest BCUT2D eigenvalue weighted by atomic mass is 10.1. The summed E-state index contributed by atoms with van der Waals surface area (Å²) in [7, 11) is 0. The smallest absolute Gasteiger partial charge is 0.255 e. The summed E-state index contributed by atoms with van der Waals surface area (Å²) in [5.74, 6) is 0.791. The highest BCUT2D eigenvalue weighted by Gasteiger charge is 2.24. The van der Waals surface area contributed by atoms with Gasteiger partial charge in [-0.05, 0) is 49.7 Å². The number of morpholine rings is 1. The Morgan fingerprint density at radius 2 is 1.88 bits per heavy atom. The summed E-state index contributed by atoms with van der Waals surface area (Å²) in [5.41, 5.74) is 3.62. The number of hydrogen-bond donors (Lipinski definition) is 1. The Balaban J connectivity index is 1.56. The SMILES string of the molecule is CC1CN(c2ccccc2NC(=O)c2ccc3c(c2)CCO3)CC(C)O1. The fourth-order valence-corrected chi connectivity index (χ4v) is 3.75. The molecule has 2 atom stereocenters. The van der Waals surface area contributed by atoms with Gasteiger partial charge in [-0.15, -0.1) is 0 Å². The Labute approximate surface area is 153 Å². The second-order valence-corrected chi connectivity index (χ2v) is 7.05. The molecule has 0 saturated carbocycles. The van der Waals surface area contributed by atoms with Crippen LogP contribution in [0.25, 0.3) is 0 Å². The number of nitrogens with zero attached hydrogens (tertiary/aromatic N) is 1.